The minimum atomic E-state index is -4.81. The largest absolute Gasteiger partial charge is 0.418 e. The van der Waals surface area contributed by atoms with E-state index in [0.717, 1.165) is 12.1 Å². The van der Waals surface area contributed by atoms with Crippen molar-refractivity contribution in [3.63, 3.8) is 0 Å². The lowest BCUT2D eigenvalue weighted by Gasteiger charge is -2.14. The molecular formula is C8H5ClF4O. The number of aliphatic hydroxyl groups excluding tert-OH is 1. The molecule has 1 atom stereocenters. The molecule has 1 N–H and O–H groups in total. The summed E-state index contributed by atoms with van der Waals surface area (Å²) in [6.45, 7) is 0. The molecule has 14 heavy (non-hydrogen) atoms. The van der Waals surface area contributed by atoms with Gasteiger partial charge in [-0.15, -0.1) is 0 Å². The van der Waals surface area contributed by atoms with Crippen LogP contribution in [0.15, 0.2) is 18.2 Å². The Kier molecular flexibility index (Phi) is 3.01. The van der Waals surface area contributed by atoms with Gasteiger partial charge in [-0.25, -0.2) is 4.39 Å². The first-order chi connectivity index (χ1) is 6.32. The van der Waals surface area contributed by atoms with Gasteiger partial charge in [0.2, 0.25) is 0 Å². The molecule has 1 nitrogen and oxygen atoms in total. The van der Waals surface area contributed by atoms with E-state index in [9.17, 15) is 17.6 Å². The lowest BCUT2D eigenvalue weighted by Crippen LogP contribution is -2.20. The van der Waals surface area contributed by atoms with Crippen molar-refractivity contribution in [2.75, 3.05) is 0 Å². The average Bonchev–Trinajstić information content (AvgIpc) is 2.07. The Morgan fingerprint density at radius 1 is 1.29 bits per heavy atom. The van der Waals surface area contributed by atoms with Crippen LogP contribution in [0, 0.1) is 5.82 Å². The fraction of sp³-hybridized carbons (Fsp3) is 0.250. The van der Waals surface area contributed by atoms with Gasteiger partial charge in [0.25, 0.3) is 0 Å². The van der Waals surface area contributed by atoms with Gasteiger partial charge in [0.05, 0.1) is 5.02 Å². The number of aliphatic hydroxyl groups is 1. The van der Waals surface area contributed by atoms with Gasteiger partial charge < -0.3 is 5.11 Å². The lowest BCUT2D eigenvalue weighted by atomic mass is 10.1. The van der Waals surface area contributed by atoms with Crippen molar-refractivity contribution >= 4 is 11.6 Å². The van der Waals surface area contributed by atoms with Crippen LogP contribution in [0.1, 0.15) is 11.7 Å². The maximum atomic E-state index is 12.7. The van der Waals surface area contributed by atoms with Gasteiger partial charge in [-0.05, 0) is 17.7 Å². The van der Waals surface area contributed by atoms with Crippen molar-refractivity contribution in [2.45, 2.75) is 12.3 Å². The van der Waals surface area contributed by atoms with E-state index in [-0.39, 0.29) is 5.02 Å². The Morgan fingerprint density at radius 3 is 2.29 bits per heavy atom. The second kappa shape index (κ2) is 3.74. The molecule has 0 aliphatic carbocycles. The number of hydrogen-bond acceptors (Lipinski definition) is 1. The molecule has 0 unspecified atom stereocenters. The van der Waals surface area contributed by atoms with Gasteiger partial charge in [-0.3, -0.25) is 0 Å². The Balaban J connectivity index is 3.03. The SMILES string of the molecule is O[C@H](c1ccc(Cl)c(F)c1)C(F)(F)F. The summed E-state index contributed by atoms with van der Waals surface area (Å²) in [7, 11) is 0. The van der Waals surface area contributed by atoms with Crippen molar-refractivity contribution in [3.8, 4) is 0 Å². The van der Waals surface area contributed by atoms with E-state index >= 15 is 0 Å². The third-order valence-electron chi connectivity index (χ3n) is 1.57. The highest BCUT2D eigenvalue weighted by atomic mass is 35.5. The molecule has 0 aromatic heterocycles. The fourth-order valence-electron chi connectivity index (χ4n) is 0.871. The first-order valence-electron chi connectivity index (χ1n) is 3.52. The van der Waals surface area contributed by atoms with Crippen LogP contribution >= 0.6 is 11.6 Å². The van der Waals surface area contributed by atoms with Crippen LogP contribution in [0.4, 0.5) is 17.6 Å². The van der Waals surface area contributed by atoms with Crippen molar-refractivity contribution in [2.24, 2.45) is 0 Å². The van der Waals surface area contributed by atoms with Crippen molar-refractivity contribution in [1.29, 1.82) is 0 Å². The van der Waals surface area contributed by atoms with E-state index in [1.54, 1.807) is 0 Å². The van der Waals surface area contributed by atoms with Gasteiger partial charge >= 0.3 is 6.18 Å². The topological polar surface area (TPSA) is 20.2 Å². The molecule has 0 saturated carbocycles. The maximum Gasteiger partial charge on any atom is 0.418 e. The summed E-state index contributed by atoms with van der Waals surface area (Å²) in [5.74, 6) is -0.993. The van der Waals surface area contributed by atoms with Crippen LogP contribution in [0.2, 0.25) is 5.02 Å². The number of alkyl halides is 3. The normalized spacial score (nSPS) is 14.1. The average molecular weight is 229 g/mol. The van der Waals surface area contributed by atoms with Gasteiger partial charge in [0.1, 0.15) is 5.82 Å². The second-order valence-electron chi connectivity index (χ2n) is 2.62. The Bertz CT molecular complexity index is 337. The van der Waals surface area contributed by atoms with Gasteiger partial charge in [0.15, 0.2) is 6.10 Å². The molecule has 0 radical (unpaired) electrons. The molecule has 0 bridgehead atoms. The van der Waals surface area contributed by atoms with Crippen LogP contribution in [-0.4, -0.2) is 11.3 Å². The third kappa shape index (κ3) is 2.36. The number of hydrogen-bond donors (Lipinski definition) is 1. The monoisotopic (exact) mass is 228 g/mol. The highest BCUT2D eigenvalue weighted by molar-refractivity contribution is 6.30. The summed E-state index contributed by atoms with van der Waals surface area (Å²) >= 11 is 5.26. The molecule has 0 saturated heterocycles. The minimum absolute atomic E-state index is 0.289. The Hall–Kier alpha value is -0.810. The molecule has 6 heteroatoms. The zero-order valence-corrected chi connectivity index (χ0v) is 7.40. The summed E-state index contributed by atoms with van der Waals surface area (Å²) in [5.41, 5.74) is -0.570. The molecule has 0 aliphatic heterocycles. The Labute approximate surface area is 81.9 Å². The molecular weight excluding hydrogens is 224 g/mol. The number of benzene rings is 1. The minimum Gasteiger partial charge on any atom is -0.379 e. The smallest absolute Gasteiger partial charge is 0.379 e. The lowest BCUT2D eigenvalue weighted by molar-refractivity contribution is -0.206. The number of halogens is 5. The Morgan fingerprint density at radius 2 is 1.86 bits per heavy atom. The highest BCUT2D eigenvalue weighted by Gasteiger charge is 2.39. The van der Waals surface area contributed by atoms with Crippen LogP contribution in [0.5, 0.6) is 0 Å². The van der Waals surface area contributed by atoms with E-state index < -0.39 is 23.7 Å². The summed E-state index contributed by atoms with van der Waals surface area (Å²) in [5, 5.41) is 8.45. The maximum absolute atomic E-state index is 12.7. The summed E-state index contributed by atoms with van der Waals surface area (Å²) < 4.78 is 48.6. The van der Waals surface area contributed by atoms with Crippen molar-refractivity contribution in [1.82, 2.24) is 0 Å². The van der Waals surface area contributed by atoms with Crippen LogP contribution in [0.25, 0.3) is 0 Å². The highest BCUT2D eigenvalue weighted by Crippen LogP contribution is 2.33. The van der Waals surface area contributed by atoms with E-state index in [1.807, 2.05) is 0 Å². The van der Waals surface area contributed by atoms with Gasteiger partial charge in [-0.2, -0.15) is 13.2 Å². The van der Waals surface area contributed by atoms with Gasteiger partial charge in [0, 0.05) is 0 Å². The summed E-state index contributed by atoms with van der Waals surface area (Å²) in [6.07, 6.45) is -7.49. The van der Waals surface area contributed by atoms with E-state index in [0.29, 0.717) is 6.07 Å². The van der Waals surface area contributed by atoms with E-state index in [2.05, 4.69) is 0 Å². The van der Waals surface area contributed by atoms with E-state index in [4.69, 9.17) is 16.7 Å². The first-order valence-corrected chi connectivity index (χ1v) is 3.90. The molecule has 0 heterocycles. The molecule has 0 amide bonds. The van der Waals surface area contributed by atoms with Crippen LogP contribution in [0.3, 0.4) is 0 Å². The predicted octanol–water partition coefficient (Wildman–Crippen LogP) is 3.07. The predicted molar refractivity (Wildman–Crippen MR) is 42.4 cm³/mol. The van der Waals surface area contributed by atoms with Gasteiger partial charge in [-0.1, -0.05) is 17.7 Å². The molecule has 0 spiro atoms. The summed E-state index contributed by atoms with van der Waals surface area (Å²) in [4.78, 5) is 0. The first kappa shape index (κ1) is 11.3. The number of rotatable bonds is 1. The van der Waals surface area contributed by atoms with Crippen molar-refractivity contribution in [3.05, 3.63) is 34.6 Å². The standard InChI is InChI=1S/C8H5ClF4O/c9-5-2-1-4(3-6(5)10)7(14)8(11,12)13/h1-3,7,14H/t7-/m1/s1. The molecule has 78 valence electrons. The molecule has 1 rings (SSSR count). The molecule has 1 aromatic rings. The second-order valence-corrected chi connectivity index (χ2v) is 3.02. The van der Waals surface area contributed by atoms with Crippen molar-refractivity contribution < 1.29 is 22.7 Å². The fourth-order valence-corrected chi connectivity index (χ4v) is 0.989. The third-order valence-corrected chi connectivity index (χ3v) is 1.88. The molecule has 0 fully saturated rings. The van der Waals surface area contributed by atoms with E-state index in [1.165, 1.54) is 0 Å². The zero-order valence-electron chi connectivity index (χ0n) is 6.65. The zero-order chi connectivity index (χ0) is 10.9. The molecule has 1 aromatic carbocycles. The quantitative estimate of drug-likeness (QED) is 0.733. The van der Waals surface area contributed by atoms with Crippen LogP contribution < -0.4 is 0 Å². The molecule has 0 aliphatic rings. The summed E-state index contributed by atoms with van der Waals surface area (Å²) in [6, 6.07) is 2.44. The van der Waals surface area contributed by atoms with Crippen LogP contribution in [-0.2, 0) is 0 Å².